The molecule has 0 aliphatic rings. The van der Waals surface area contributed by atoms with Crippen LogP contribution in [0.15, 0.2) is 36.7 Å². The number of carboxylic acids is 2. The van der Waals surface area contributed by atoms with Crippen LogP contribution < -0.4 is 11.5 Å². The number of fused-ring (bicyclic) bond motifs is 1. The first kappa shape index (κ1) is 24.3. The van der Waals surface area contributed by atoms with Crippen LogP contribution in [0.2, 0.25) is 5.28 Å². The number of rotatable bonds is 11. The minimum atomic E-state index is -2.50. The molecule has 176 valence electrons. The number of benzene rings is 1. The van der Waals surface area contributed by atoms with Gasteiger partial charge in [-0.3, -0.25) is 4.57 Å². The zero-order chi connectivity index (χ0) is 24.2. The number of ether oxygens (including phenoxy) is 2. The van der Waals surface area contributed by atoms with E-state index in [9.17, 15) is 19.8 Å². The fourth-order valence-electron chi connectivity index (χ4n) is 3.30. The minimum Gasteiger partial charge on any atom is -0.479 e. The maximum absolute atomic E-state index is 12.0. The summed E-state index contributed by atoms with van der Waals surface area (Å²) in [5.74, 6) is -3.16. The van der Waals surface area contributed by atoms with Crippen molar-refractivity contribution < 1.29 is 29.3 Å². The van der Waals surface area contributed by atoms with Gasteiger partial charge in [0.15, 0.2) is 11.5 Å². The van der Waals surface area contributed by atoms with Gasteiger partial charge in [-0.1, -0.05) is 30.3 Å². The predicted molar refractivity (Wildman–Crippen MR) is 117 cm³/mol. The Balaban J connectivity index is 1.77. The number of anilines is 1. The third-order valence-electron chi connectivity index (χ3n) is 5.12. The van der Waals surface area contributed by atoms with Crippen LogP contribution in [-0.2, 0) is 25.5 Å². The Labute approximate surface area is 193 Å². The van der Waals surface area contributed by atoms with Gasteiger partial charge in [0, 0.05) is 20.0 Å². The quantitative estimate of drug-likeness (QED) is 0.228. The molecule has 0 bridgehead atoms. The number of aliphatic carboxylic acids is 2. The van der Waals surface area contributed by atoms with Crippen LogP contribution in [0.4, 0.5) is 5.82 Å². The predicted octanol–water partition coefficient (Wildman–Crippen LogP) is 1.09. The molecule has 2 aromatic heterocycles. The summed E-state index contributed by atoms with van der Waals surface area (Å²) in [6.45, 7) is -0.347. The number of hydrogen-bond acceptors (Lipinski definition) is 9. The van der Waals surface area contributed by atoms with Crippen LogP contribution >= 0.6 is 11.6 Å². The highest BCUT2D eigenvalue weighted by Gasteiger charge is 2.48. The highest BCUT2D eigenvalue weighted by molar-refractivity contribution is 6.28. The van der Waals surface area contributed by atoms with E-state index in [0.717, 1.165) is 0 Å². The molecule has 2 heterocycles. The van der Waals surface area contributed by atoms with Crippen molar-refractivity contribution in [1.82, 2.24) is 19.5 Å². The number of carbonyl (C=O) groups is 2. The van der Waals surface area contributed by atoms with E-state index in [-0.39, 0.29) is 30.5 Å². The topological polar surface area (TPSA) is 189 Å². The van der Waals surface area contributed by atoms with Gasteiger partial charge in [-0.25, -0.2) is 14.6 Å². The summed E-state index contributed by atoms with van der Waals surface area (Å²) in [5.41, 5.74) is 10.7. The largest absolute Gasteiger partial charge is 0.479 e. The van der Waals surface area contributed by atoms with E-state index in [0.29, 0.717) is 16.7 Å². The number of nitrogens with two attached hydrogens (primary N) is 2. The minimum absolute atomic E-state index is 0.0748. The third-order valence-corrected chi connectivity index (χ3v) is 5.29. The fourth-order valence-corrected chi connectivity index (χ4v) is 3.48. The number of aromatic nitrogens is 4. The van der Waals surface area contributed by atoms with Gasteiger partial charge in [0.25, 0.3) is 5.60 Å². The van der Waals surface area contributed by atoms with E-state index in [2.05, 4.69) is 15.0 Å². The van der Waals surface area contributed by atoms with Crippen LogP contribution in [0.3, 0.4) is 0 Å². The Hall–Kier alpha value is -3.32. The Kier molecular flexibility index (Phi) is 7.43. The lowest BCUT2D eigenvalue weighted by atomic mass is 9.94. The molecule has 0 saturated heterocycles. The third kappa shape index (κ3) is 5.20. The number of nitrogen functional groups attached to an aromatic ring is 1. The molecular formula is C20H23ClN6O6. The van der Waals surface area contributed by atoms with E-state index < -0.39 is 29.8 Å². The van der Waals surface area contributed by atoms with Gasteiger partial charge in [0.2, 0.25) is 5.28 Å². The molecule has 33 heavy (non-hydrogen) atoms. The first-order valence-electron chi connectivity index (χ1n) is 9.76. The van der Waals surface area contributed by atoms with Gasteiger partial charge >= 0.3 is 11.9 Å². The second kappa shape index (κ2) is 10.1. The standard InChI is InChI=1S/C20H23ClN6O6/c1-32-12(7-13(22)27-10-24-14-15(23)25-19(21)26-16(14)27)9-33-20(17(28)29,18(30)31)8-11-5-3-2-4-6-11/h2-6,10,12-13H,7-9,22H2,1H3,(H,28,29)(H,30,31)(H2,23,25,26). The monoisotopic (exact) mass is 478 g/mol. The summed E-state index contributed by atoms with van der Waals surface area (Å²) in [7, 11) is 1.38. The van der Waals surface area contributed by atoms with Gasteiger partial charge in [0.05, 0.1) is 25.2 Å². The molecule has 0 radical (unpaired) electrons. The number of hydrogen-bond donors (Lipinski definition) is 4. The van der Waals surface area contributed by atoms with Crippen molar-refractivity contribution in [2.24, 2.45) is 5.73 Å². The van der Waals surface area contributed by atoms with Crippen molar-refractivity contribution in [3.05, 3.63) is 47.5 Å². The van der Waals surface area contributed by atoms with Crippen molar-refractivity contribution in [3.8, 4) is 0 Å². The van der Waals surface area contributed by atoms with Gasteiger partial charge in [-0.15, -0.1) is 0 Å². The molecule has 6 N–H and O–H groups in total. The van der Waals surface area contributed by atoms with E-state index >= 15 is 0 Å². The molecule has 12 nitrogen and oxygen atoms in total. The smallest absolute Gasteiger partial charge is 0.348 e. The molecular weight excluding hydrogens is 456 g/mol. The number of carboxylic acid groups (broad SMARTS) is 2. The molecule has 0 saturated carbocycles. The zero-order valence-corrected chi connectivity index (χ0v) is 18.3. The Bertz CT molecular complexity index is 1130. The lowest BCUT2D eigenvalue weighted by Gasteiger charge is -2.28. The van der Waals surface area contributed by atoms with E-state index in [4.69, 9.17) is 32.5 Å². The van der Waals surface area contributed by atoms with E-state index in [1.165, 1.54) is 18.0 Å². The Morgan fingerprint density at radius 2 is 1.88 bits per heavy atom. The van der Waals surface area contributed by atoms with Gasteiger partial charge in [-0.05, 0) is 17.2 Å². The number of methoxy groups -OCH3 is 1. The molecule has 13 heteroatoms. The Morgan fingerprint density at radius 3 is 2.48 bits per heavy atom. The molecule has 1 aromatic carbocycles. The number of halogens is 1. The van der Waals surface area contributed by atoms with Crippen LogP contribution in [0.5, 0.6) is 0 Å². The lowest BCUT2D eigenvalue weighted by Crippen LogP contribution is -2.52. The van der Waals surface area contributed by atoms with Gasteiger partial charge in [0.1, 0.15) is 5.52 Å². The van der Waals surface area contributed by atoms with Gasteiger partial charge in [-0.2, -0.15) is 9.97 Å². The molecule has 0 amide bonds. The van der Waals surface area contributed by atoms with Crippen molar-refractivity contribution in [1.29, 1.82) is 0 Å². The van der Waals surface area contributed by atoms with Crippen molar-refractivity contribution in [2.45, 2.75) is 30.7 Å². The van der Waals surface area contributed by atoms with E-state index in [1.807, 2.05) is 0 Å². The molecule has 0 fully saturated rings. The summed E-state index contributed by atoms with van der Waals surface area (Å²) in [5, 5.41) is 19.4. The summed E-state index contributed by atoms with van der Waals surface area (Å²) in [6, 6.07) is 8.34. The Morgan fingerprint density at radius 1 is 1.21 bits per heavy atom. The van der Waals surface area contributed by atoms with Crippen LogP contribution in [0, 0.1) is 0 Å². The first-order chi connectivity index (χ1) is 15.7. The van der Waals surface area contributed by atoms with Crippen LogP contribution in [0.25, 0.3) is 11.2 Å². The molecule has 0 aliphatic carbocycles. The van der Waals surface area contributed by atoms with Gasteiger partial charge < -0.3 is 31.2 Å². The van der Waals surface area contributed by atoms with Crippen molar-refractivity contribution >= 4 is 40.5 Å². The maximum atomic E-state index is 12.0. The second-order valence-corrected chi connectivity index (χ2v) is 7.61. The lowest BCUT2D eigenvalue weighted by molar-refractivity contribution is -0.187. The summed E-state index contributed by atoms with van der Waals surface area (Å²) >= 11 is 5.88. The SMILES string of the molecule is COC(COC(Cc1ccccc1)(C(=O)O)C(=O)O)CC(N)n1cnc2c(N)nc(Cl)nc21. The summed E-state index contributed by atoms with van der Waals surface area (Å²) < 4.78 is 12.4. The molecule has 3 aromatic rings. The maximum Gasteiger partial charge on any atom is 0.348 e. The summed E-state index contributed by atoms with van der Waals surface area (Å²) in [6.07, 6.45) is -0.335. The number of nitrogens with zero attached hydrogens (tertiary/aromatic N) is 4. The fraction of sp³-hybridized carbons (Fsp3) is 0.350. The van der Waals surface area contributed by atoms with Crippen LogP contribution in [0.1, 0.15) is 18.2 Å². The van der Waals surface area contributed by atoms with Crippen molar-refractivity contribution in [2.75, 3.05) is 19.5 Å². The average Bonchev–Trinajstić information content (AvgIpc) is 3.20. The molecule has 3 rings (SSSR count). The van der Waals surface area contributed by atoms with Crippen molar-refractivity contribution in [3.63, 3.8) is 0 Å². The van der Waals surface area contributed by atoms with E-state index in [1.54, 1.807) is 30.3 Å². The molecule has 0 spiro atoms. The number of imidazole rings is 1. The average molecular weight is 479 g/mol. The highest BCUT2D eigenvalue weighted by Crippen LogP contribution is 2.24. The molecule has 0 aliphatic heterocycles. The summed E-state index contributed by atoms with van der Waals surface area (Å²) in [4.78, 5) is 36.0. The molecule has 2 unspecified atom stereocenters. The second-order valence-electron chi connectivity index (χ2n) is 7.27. The van der Waals surface area contributed by atoms with Crippen LogP contribution in [-0.4, -0.2) is 67.1 Å². The molecule has 2 atom stereocenters. The first-order valence-corrected chi connectivity index (χ1v) is 10.1. The normalized spacial score (nSPS) is 13.7. The highest BCUT2D eigenvalue weighted by atomic mass is 35.5. The zero-order valence-electron chi connectivity index (χ0n) is 17.6.